The molecule has 8 atom stereocenters. The number of aliphatic hydroxyl groups is 1. The Kier molecular flexibility index (Phi) is 9.75. The van der Waals surface area contributed by atoms with Crippen LogP contribution in [-0.4, -0.2) is 109 Å². The number of ether oxygens (including phenoxy) is 2. The lowest BCUT2D eigenvalue weighted by molar-refractivity contribution is -0.164. The van der Waals surface area contributed by atoms with Crippen LogP contribution in [0.25, 0.3) is 11.0 Å². The number of fused-ring (bicyclic) bond motifs is 3. The number of hydrogen-bond donors (Lipinski definition) is 1. The molecule has 2 saturated heterocycles. The molecule has 0 aliphatic carbocycles. The van der Waals surface area contributed by atoms with Gasteiger partial charge in [0.15, 0.2) is 0 Å². The minimum Gasteiger partial charge on any atom is -0.455 e. The van der Waals surface area contributed by atoms with Crippen molar-refractivity contribution in [2.75, 3.05) is 20.2 Å². The summed E-state index contributed by atoms with van der Waals surface area (Å²) in [7, 11) is 1.70. The third-order valence-electron chi connectivity index (χ3n) is 11.0. The summed E-state index contributed by atoms with van der Waals surface area (Å²) in [5, 5.41) is 19.4. The third-order valence-corrected chi connectivity index (χ3v) is 11.0. The fraction of sp³-hybridized carbons (Fsp3) is 0.487. The zero-order valence-electron chi connectivity index (χ0n) is 29.9. The van der Waals surface area contributed by atoms with Gasteiger partial charge in [-0.1, -0.05) is 85.8 Å². The topological polar surface area (TPSA) is 147 Å². The van der Waals surface area contributed by atoms with E-state index in [1.807, 2.05) is 87.5 Å². The number of hydrogen-bond acceptors (Lipinski definition) is 9. The highest BCUT2D eigenvalue weighted by Crippen LogP contribution is 2.56. The summed E-state index contributed by atoms with van der Waals surface area (Å²) in [6, 6.07) is 14.2. The maximum atomic E-state index is 15.2. The largest absolute Gasteiger partial charge is 0.455 e. The molecule has 2 aromatic carbocycles. The molecule has 0 saturated carbocycles. The molecule has 5 bridgehead atoms. The summed E-state index contributed by atoms with van der Waals surface area (Å²) in [6.07, 6.45) is 6.61. The van der Waals surface area contributed by atoms with Gasteiger partial charge in [0.25, 0.3) is 5.91 Å². The number of carbonyl (C=O) groups is 4. The molecule has 274 valence electrons. The molecule has 0 radical (unpaired) electrons. The zero-order valence-corrected chi connectivity index (χ0v) is 29.9. The minimum absolute atomic E-state index is 0.00743. The van der Waals surface area contributed by atoms with Gasteiger partial charge in [-0.3, -0.25) is 19.2 Å². The van der Waals surface area contributed by atoms with E-state index >= 15 is 4.79 Å². The van der Waals surface area contributed by atoms with Crippen LogP contribution in [0.1, 0.15) is 51.7 Å². The lowest BCUT2D eigenvalue weighted by atomic mass is 9.74. The van der Waals surface area contributed by atoms with E-state index in [1.54, 1.807) is 33.7 Å². The molecule has 52 heavy (non-hydrogen) atoms. The number of amides is 3. The summed E-state index contributed by atoms with van der Waals surface area (Å²) in [5.74, 6) is -3.67. The maximum absolute atomic E-state index is 15.2. The highest BCUT2D eigenvalue weighted by molar-refractivity contribution is 5.99. The van der Waals surface area contributed by atoms with E-state index in [0.717, 1.165) is 5.52 Å². The Bertz CT molecular complexity index is 1890. The van der Waals surface area contributed by atoms with Crippen molar-refractivity contribution in [3.05, 3.63) is 84.5 Å². The smallest absolute Gasteiger partial charge is 0.313 e. The summed E-state index contributed by atoms with van der Waals surface area (Å²) >= 11 is 0. The molecular formula is C39H46N6O7. The van der Waals surface area contributed by atoms with Crippen LogP contribution in [0.2, 0.25) is 0 Å². The first kappa shape index (κ1) is 35.5. The number of benzene rings is 2. The molecule has 3 aromatic rings. The first-order valence-electron chi connectivity index (χ1n) is 18.1. The van der Waals surface area contributed by atoms with E-state index < -0.39 is 65.6 Å². The lowest BCUT2D eigenvalue weighted by Crippen LogP contribution is -2.58. The molecule has 4 aliphatic heterocycles. The molecule has 1 aromatic heterocycles. The van der Waals surface area contributed by atoms with E-state index in [-0.39, 0.29) is 38.1 Å². The van der Waals surface area contributed by atoms with Crippen molar-refractivity contribution in [2.24, 2.45) is 17.8 Å². The van der Waals surface area contributed by atoms with Crippen molar-refractivity contribution in [1.82, 2.24) is 29.7 Å². The van der Waals surface area contributed by atoms with E-state index in [2.05, 4.69) is 10.3 Å². The molecule has 2 fully saturated rings. The van der Waals surface area contributed by atoms with Gasteiger partial charge in [-0.25, -0.2) is 4.68 Å². The van der Waals surface area contributed by atoms with Gasteiger partial charge in [0.05, 0.1) is 36.2 Å². The Morgan fingerprint density at radius 3 is 2.50 bits per heavy atom. The van der Waals surface area contributed by atoms with Crippen molar-refractivity contribution in [3.63, 3.8) is 0 Å². The number of para-hydroxylation sites is 1. The van der Waals surface area contributed by atoms with Crippen molar-refractivity contribution < 1.29 is 33.8 Å². The zero-order chi connectivity index (χ0) is 36.7. The number of aliphatic hydroxyl groups excluding tert-OH is 1. The van der Waals surface area contributed by atoms with Gasteiger partial charge in [0.2, 0.25) is 11.8 Å². The van der Waals surface area contributed by atoms with Gasteiger partial charge in [-0.15, -0.1) is 5.10 Å². The highest BCUT2D eigenvalue weighted by atomic mass is 16.6. The summed E-state index contributed by atoms with van der Waals surface area (Å²) in [5.41, 5.74) is 0.615. The Balaban J connectivity index is 1.34. The van der Waals surface area contributed by atoms with Crippen LogP contribution < -0.4 is 0 Å². The Morgan fingerprint density at radius 2 is 1.75 bits per heavy atom. The Morgan fingerprint density at radius 1 is 1.00 bits per heavy atom. The number of nitrogens with zero attached hydrogens (tertiary/aromatic N) is 6. The predicted molar refractivity (Wildman–Crippen MR) is 190 cm³/mol. The molecule has 5 heterocycles. The second kappa shape index (κ2) is 14.3. The maximum Gasteiger partial charge on any atom is 0.313 e. The first-order chi connectivity index (χ1) is 25.1. The minimum atomic E-state index is -1.48. The van der Waals surface area contributed by atoms with Gasteiger partial charge in [-0.05, 0) is 43.4 Å². The van der Waals surface area contributed by atoms with Crippen LogP contribution in [0.5, 0.6) is 0 Å². The number of likely N-dealkylation sites (tertiary alicyclic amines) is 1. The van der Waals surface area contributed by atoms with E-state index in [9.17, 15) is 19.5 Å². The molecule has 4 aliphatic rings. The van der Waals surface area contributed by atoms with E-state index in [4.69, 9.17) is 9.47 Å². The number of likely N-dealkylation sites (N-methyl/N-ethyl adjacent to an activating group) is 1. The second-order valence-electron chi connectivity index (χ2n) is 14.7. The van der Waals surface area contributed by atoms with E-state index in [0.29, 0.717) is 23.9 Å². The van der Waals surface area contributed by atoms with Crippen molar-refractivity contribution in [3.8, 4) is 0 Å². The van der Waals surface area contributed by atoms with Crippen molar-refractivity contribution >= 4 is 34.7 Å². The summed E-state index contributed by atoms with van der Waals surface area (Å²) in [4.78, 5) is 62.6. The first-order valence-corrected chi connectivity index (χ1v) is 18.1. The molecular weight excluding hydrogens is 664 g/mol. The second-order valence-corrected chi connectivity index (χ2v) is 14.7. The van der Waals surface area contributed by atoms with Crippen LogP contribution >= 0.6 is 0 Å². The fourth-order valence-electron chi connectivity index (χ4n) is 8.37. The molecule has 1 spiro atoms. The third kappa shape index (κ3) is 6.09. The number of esters is 1. The van der Waals surface area contributed by atoms with Crippen LogP contribution in [0.15, 0.2) is 78.9 Å². The number of rotatable bonds is 7. The molecule has 7 rings (SSSR count). The normalized spacial score (nSPS) is 30.8. The number of cyclic esters (lactones) is 1. The van der Waals surface area contributed by atoms with Gasteiger partial charge in [-0.2, -0.15) is 0 Å². The van der Waals surface area contributed by atoms with Gasteiger partial charge >= 0.3 is 5.97 Å². The SMILES string of the molecule is CC(C)C[C@H](CO)N1C(=O)[C@H]2[C@@H]3C(=O)O[C@H](c4ccccc4)[C@@H](C)N(C)C(=O)CC/C=C\CN(Cn4nnc5ccccc54)C(=O)[C@H]1[C@@]21C=C[C@@H]3O1. The standard InChI is InChI=1S/C39H46N6O7/c1-24(2)21-27(22-46)45-35-37(49)43(23-44-29-16-11-10-15-28(29)40-41-44)20-12-6-9-17-31(47)42(4)25(3)34(26-13-7-5-8-14-26)51-38(50)32-30-18-19-39(35,52-30)33(32)36(45)48/h5-8,10-16,18-19,24-25,27,30,32-35,46H,9,17,20-23H2,1-4H3/b12-6-/t25-,27-,30+,32-,33-,34+,35+,39-/m1/s1. The van der Waals surface area contributed by atoms with Crippen LogP contribution in [-0.2, 0) is 35.3 Å². The van der Waals surface area contributed by atoms with Crippen LogP contribution in [0, 0.1) is 17.8 Å². The molecule has 0 unspecified atom stereocenters. The average molecular weight is 711 g/mol. The molecule has 13 nitrogen and oxygen atoms in total. The average Bonchev–Trinajstić information content (AvgIpc) is 3.90. The highest BCUT2D eigenvalue weighted by Gasteiger charge is 2.74. The molecule has 1 N–H and O–H groups in total. The van der Waals surface area contributed by atoms with Crippen molar-refractivity contribution in [1.29, 1.82) is 0 Å². The molecule has 13 heteroatoms. The lowest BCUT2D eigenvalue weighted by Gasteiger charge is -2.39. The van der Waals surface area contributed by atoms with Crippen LogP contribution in [0.4, 0.5) is 0 Å². The van der Waals surface area contributed by atoms with Crippen molar-refractivity contribution in [2.45, 2.75) is 82.6 Å². The van der Waals surface area contributed by atoms with Gasteiger partial charge in [0.1, 0.15) is 35.9 Å². The molecule has 3 amide bonds. The van der Waals surface area contributed by atoms with Gasteiger partial charge < -0.3 is 29.3 Å². The Labute approximate surface area is 302 Å². The van der Waals surface area contributed by atoms with E-state index in [1.165, 1.54) is 4.90 Å². The summed E-state index contributed by atoms with van der Waals surface area (Å²) < 4.78 is 14.6. The number of carbonyl (C=O) groups excluding carboxylic acids is 4. The summed E-state index contributed by atoms with van der Waals surface area (Å²) in [6.45, 7) is 5.59. The number of aromatic nitrogens is 3. The number of allylic oxidation sites excluding steroid dienone is 1. The monoisotopic (exact) mass is 710 g/mol. The predicted octanol–water partition coefficient (Wildman–Crippen LogP) is 3.26. The quantitative estimate of drug-likeness (QED) is 0.288. The van der Waals surface area contributed by atoms with Crippen LogP contribution in [0.3, 0.4) is 0 Å². The Hall–Kier alpha value is -4.88. The fourth-order valence-corrected chi connectivity index (χ4v) is 8.37. The van der Waals surface area contributed by atoms with Gasteiger partial charge in [0, 0.05) is 20.0 Å².